The fourth-order valence-corrected chi connectivity index (χ4v) is 4.21. The average Bonchev–Trinajstić information content (AvgIpc) is 3.15. The largest absolute Gasteiger partial charge is 0.350 e. The topological polar surface area (TPSA) is 102 Å². The summed E-state index contributed by atoms with van der Waals surface area (Å²) in [7, 11) is -3.46. The summed E-state index contributed by atoms with van der Waals surface area (Å²) in [6.45, 7) is 0.237. The van der Waals surface area contributed by atoms with Crippen molar-refractivity contribution < 1.29 is 13.2 Å². The van der Waals surface area contributed by atoms with Crippen LogP contribution < -0.4 is 5.32 Å². The Morgan fingerprint density at radius 1 is 1.15 bits per heavy atom. The van der Waals surface area contributed by atoms with E-state index < -0.39 is 9.84 Å². The van der Waals surface area contributed by atoms with Crippen LogP contribution in [0.25, 0.3) is 10.7 Å². The van der Waals surface area contributed by atoms with E-state index in [2.05, 4.69) is 20.3 Å². The summed E-state index contributed by atoms with van der Waals surface area (Å²) in [4.78, 5) is 24.7. The van der Waals surface area contributed by atoms with Gasteiger partial charge in [0.2, 0.25) is 5.91 Å². The molecular weight excluding hydrogens is 372 g/mol. The highest BCUT2D eigenvalue weighted by Gasteiger charge is 2.16. The Hall–Kier alpha value is -2.65. The van der Waals surface area contributed by atoms with Crippen LogP contribution in [0.2, 0.25) is 0 Å². The van der Waals surface area contributed by atoms with Gasteiger partial charge in [0.1, 0.15) is 10.7 Å². The minimum Gasteiger partial charge on any atom is -0.350 e. The first kappa shape index (κ1) is 18.2. The van der Waals surface area contributed by atoms with Gasteiger partial charge in [-0.25, -0.2) is 13.4 Å². The summed E-state index contributed by atoms with van der Waals surface area (Å²) >= 11 is 1.41. The molecule has 0 saturated carbocycles. The van der Waals surface area contributed by atoms with Crippen molar-refractivity contribution in [3.8, 4) is 10.7 Å². The first-order chi connectivity index (χ1) is 12.5. The molecule has 2 heterocycles. The smallest absolute Gasteiger partial charge is 0.221 e. The first-order valence-corrected chi connectivity index (χ1v) is 10.3. The van der Waals surface area contributed by atoms with Gasteiger partial charge in [0.15, 0.2) is 9.84 Å². The van der Waals surface area contributed by atoms with Crippen LogP contribution in [0.4, 0.5) is 0 Å². The number of nitrogens with one attached hydrogen (secondary N) is 1. The van der Waals surface area contributed by atoms with E-state index in [1.807, 2.05) is 5.38 Å². The number of carbonyl (C=O) groups excluding carboxylic acids is 1. The monoisotopic (exact) mass is 388 g/mol. The van der Waals surface area contributed by atoms with E-state index in [0.717, 1.165) is 0 Å². The van der Waals surface area contributed by atoms with E-state index >= 15 is 0 Å². The zero-order valence-corrected chi connectivity index (χ0v) is 15.3. The maximum absolute atomic E-state index is 12.2. The van der Waals surface area contributed by atoms with Gasteiger partial charge in [0.05, 0.1) is 29.1 Å². The lowest BCUT2D eigenvalue weighted by Gasteiger charge is -2.05. The predicted octanol–water partition coefficient (Wildman–Crippen LogP) is 2.08. The third-order valence-electron chi connectivity index (χ3n) is 3.50. The van der Waals surface area contributed by atoms with Crippen molar-refractivity contribution in [2.24, 2.45) is 0 Å². The molecule has 9 heteroatoms. The summed E-state index contributed by atoms with van der Waals surface area (Å²) < 4.78 is 24.3. The second kappa shape index (κ2) is 8.15. The molecule has 0 radical (unpaired) electrons. The highest BCUT2D eigenvalue weighted by molar-refractivity contribution is 7.91. The van der Waals surface area contributed by atoms with E-state index in [-0.39, 0.29) is 29.5 Å². The zero-order valence-electron chi connectivity index (χ0n) is 13.7. The molecule has 0 aliphatic heterocycles. The molecular formula is C17H16N4O3S2. The second-order valence-corrected chi connectivity index (χ2v) is 8.36. The Labute approximate surface area is 155 Å². The number of aromatic nitrogens is 3. The summed E-state index contributed by atoms with van der Waals surface area (Å²) in [5.41, 5.74) is 1.36. The molecule has 0 atom stereocenters. The van der Waals surface area contributed by atoms with Gasteiger partial charge in [0.25, 0.3) is 0 Å². The van der Waals surface area contributed by atoms with Crippen molar-refractivity contribution in [2.45, 2.75) is 17.9 Å². The number of nitrogens with zero attached hydrogens (tertiary/aromatic N) is 3. The molecule has 2 aromatic heterocycles. The molecule has 3 rings (SSSR count). The number of benzene rings is 1. The highest BCUT2D eigenvalue weighted by Crippen LogP contribution is 2.20. The molecule has 0 saturated heterocycles. The van der Waals surface area contributed by atoms with Gasteiger partial charge in [0, 0.05) is 24.2 Å². The van der Waals surface area contributed by atoms with Crippen LogP contribution >= 0.6 is 11.3 Å². The van der Waals surface area contributed by atoms with Gasteiger partial charge in [-0.05, 0) is 12.1 Å². The molecule has 1 aromatic carbocycles. The molecule has 0 aliphatic rings. The number of thiazole rings is 1. The SMILES string of the molecule is O=C(CCS(=O)(=O)c1ccccc1)NCc1csc(-c2cnccn2)n1. The van der Waals surface area contributed by atoms with E-state index in [4.69, 9.17) is 0 Å². The van der Waals surface area contributed by atoms with Crippen LogP contribution in [0.3, 0.4) is 0 Å². The Kier molecular flexibility index (Phi) is 5.69. The number of rotatable bonds is 7. The number of sulfone groups is 1. The van der Waals surface area contributed by atoms with Gasteiger partial charge in [-0.15, -0.1) is 11.3 Å². The summed E-state index contributed by atoms with van der Waals surface area (Å²) in [6.07, 6.45) is 4.70. The number of carbonyl (C=O) groups is 1. The van der Waals surface area contributed by atoms with Crippen LogP contribution in [0, 0.1) is 0 Å². The molecule has 0 aliphatic carbocycles. The number of hydrogen-bond donors (Lipinski definition) is 1. The van der Waals surface area contributed by atoms with Gasteiger partial charge in [-0.2, -0.15) is 0 Å². The lowest BCUT2D eigenvalue weighted by molar-refractivity contribution is -0.120. The summed E-state index contributed by atoms with van der Waals surface area (Å²) in [6, 6.07) is 8.11. The third-order valence-corrected chi connectivity index (χ3v) is 6.15. The fourth-order valence-electron chi connectivity index (χ4n) is 2.17. The van der Waals surface area contributed by atoms with Crippen molar-refractivity contribution in [1.29, 1.82) is 0 Å². The van der Waals surface area contributed by atoms with Crippen LogP contribution in [0.5, 0.6) is 0 Å². The first-order valence-electron chi connectivity index (χ1n) is 7.80. The maximum Gasteiger partial charge on any atom is 0.221 e. The lowest BCUT2D eigenvalue weighted by Crippen LogP contribution is -2.25. The zero-order chi connectivity index (χ0) is 18.4. The molecule has 0 bridgehead atoms. The van der Waals surface area contributed by atoms with Crippen molar-refractivity contribution in [2.75, 3.05) is 5.75 Å². The predicted molar refractivity (Wildman–Crippen MR) is 98.1 cm³/mol. The molecule has 0 unspecified atom stereocenters. The van der Waals surface area contributed by atoms with Gasteiger partial charge in [-0.3, -0.25) is 14.8 Å². The van der Waals surface area contributed by atoms with E-state index in [9.17, 15) is 13.2 Å². The van der Waals surface area contributed by atoms with E-state index in [0.29, 0.717) is 16.4 Å². The Bertz CT molecular complexity index is 974. The molecule has 7 nitrogen and oxygen atoms in total. The molecule has 1 amide bonds. The Balaban J connectivity index is 1.51. The standard InChI is InChI=1S/C17H16N4O3S2/c22-16(6-9-26(23,24)14-4-2-1-3-5-14)20-10-13-12-25-17(21-13)15-11-18-7-8-19-15/h1-5,7-8,11-12H,6,9-10H2,(H,20,22). The second-order valence-electron chi connectivity index (χ2n) is 5.39. The van der Waals surface area contributed by atoms with E-state index in [1.165, 1.54) is 23.5 Å². The van der Waals surface area contributed by atoms with Gasteiger partial charge in [-0.1, -0.05) is 18.2 Å². The van der Waals surface area contributed by atoms with Crippen molar-refractivity contribution in [1.82, 2.24) is 20.3 Å². The van der Waals surface area contributed by atoms with Crippen LogP contribution in [0.15, 0.2) is 59.2 Å². The molecule has 0 fully saturated rings. The quantitative estimate of drug-likeness (QED) is 0.665. The fraction of sp³-hybridized carbons (Fsp3) is 0.176. The lowest BCUT2D eigenvalue weighted by atomic mass is 10.4. The average molecular weight is 388 g/mol. The minimum atomic E-state index is -3.46. The Morgan fingerprint density at radius 3 is 2.69 bits per heavy atom. The Morgan fingerprint density at radius 2 is 1.96 bits per heavy atom. The van der Waals surface area contributed by atoms with Gasteiger partial charge >= 0.3 is 0 Å². The molecule has 26 heavy (non-hydrogen) atoms. The van der Waals surface area contributed by atoms with Crippen molar-refractivity contribution in [3.05, 3.63) is 60.0 Å². The minimum absolute atomic E-state index is 0.0988. The molecule has 134 valence electrons. The molecule has 1 N–H and O–H groups in total. The normalized spacial score (nSPS) is 11.2. The molecule has 3 aromatic rings. The van der Waals surface area contributed by atoms with Crippen LogP contribution in [0.1, 0.15) is 12.1 Å². The highest BCUT2D eigenvalue weighted by atomic mass is 32.2. The summed E-state index contributed by atoms with van der Waals surface area (Å²) in [5.74, 6) is -0.566. The van der Waals surface area contributed by atoms with Crippen LogP contribution in [-0.4, -0.2) is 35.0 Å². The third kappa shape index (κ3) is 4.70. The number of hydrogen-bond acceptors (Lipinski definition) is 7. The number of amides is 1. The van der Waals surface area contributed by atoms with Crippen molar-refractivity contribution >= 4 is 27.1 Å². The van der Waals surface area contributed by atoms with E-state index in [1.54, 1.807) is 36.8 Å². The molecule has 0 spiro atoms. The maximum atomic E-state index is 12.2. The van der Waals surface area contributed by atoms with Gasteiger partial charge < -0.3 is 5.32 Å². The van der Waals surface area contributed by atoms with Crippen LogP contribution in [-0.2, 0) is 21.2 Å². The van der Waals surface area contributed by atoms with Crippen molar-refractivity contribution in [3.63, 3.8) is 0 Å². The summed E-state index contributed by atoms with van der Waals surface area (Å²) in [5, 5.41) is 5.23.